The van der Waals surface area contributed by atoms with Gasteiger partial charge in [0.25, 0.3) is 0 Å². The summed E-state index contributed by atoms with van der Waals surface area (Å²) in [4.78, 5) is 58.8. The van der Waals surface area contributed by atoms with Crippen LogP contribution in [0.3, 0.4) is 0 Å². The van der Waals surface area contributed by atoms with Crippen molar-refractivity contribution < 1.29 is 29.1 Å². The number of unbranched alkanes of at least 4 members (excludes halogenated alkanes) is 2. The Morgan fingerprint density at radius 2 is 1.39 bits per heavy atom. The van der Waals surface area contributed by atoms with Crippen molar-refractivity contribution in [3.63, 3.8) is 0 Å². The standard InChI is InChI=1S/C18H35N7O6/c19-7-3-1-5-11(21)16(28)23-10-15(27)24-12(6-2-4-8-20)17(29)25-13(18(30)31)9-14(22)26/h11-13H,1-10,19-21H2,(H2,22,26)(H,23,28)(H,24,27)(H,25,29)(H,30,31). The Labute approximate surface area is 181 Å². The van der Waals surface area contributed by atoms with E-state index in [9.17, 15) is 24.0 Å². The van der Waals surface area contributed by atoms with Gasteiger partial charge in [0, 0.05) is 0 Å². The minimum Gasteiger partial charge on any atom is -0.480 e. The number of hydrogen-bond acceptors (Lipinski definition) is 8. The fraction of sp³-hybridized carbons (Fsp3) is 0.722. The molecule has 3 unspecified atom stereocenters. The fourth-order valence-corrected chi connectivity index (χ4v) is 2.62. The van der Waals surface area contributed by atoms with Crippen LogP contribution in [-0.4, -0.2) is 72.5 Å². The minimum absolute atomic E-state index is 0.185. The molecule has 0 saturated carbocycles. The molecule has 4 amide bonds. The first-order valence-corrected chi connectivity index (χ1v) is 10.2. The molecule has 0 fully saturated rings. The first-order valence-electron chi connectivity index (χ1n) is 10.2. The molecule has 178 valence electrons. The quantitative estimate of drug-likeness (QED) is 0.104. The number of amides is 4. The molecule has 0 radical (unpaired) electrons. The van der Waals surface area contributed by atoms with Gasteiger partial charge in [0.05, 0.1) is 19.0 Å². The first-order chi connectivity index (χ1) is 14.6. The molecular formula is C18H35N7O6. The van der Waals surface area contributed by atoms with Gasteiger partial charge in [-0.2, -0.15) is 0 Å². The van der Waals surface area contributed by atoms with Crippen molar-refractivity contribution in [1.29, 1.82) is 0 Å². The van der Waals surface area contributed by atoms with Gasteiger partial charge >= 0.3 is 5.97 Å². The first kappa shape index (κ1) is 28.2. The van der Waals surface area contributed by atoms with Crippen molar-refractivity contribution in [2.24, 2.45) is 22.9 Å². The number of carbonyl (C=O) groups excluding carboxylic acids is 4. The number of nitrogens with two attached hydrogens (primary N) is 4. The molecule has 0 aliphatic heterocycles. The van der Waals surface area contributed by atoms with Crippen LogP contribution < -0.4 is 38.9 Å². The second-order valence-electron chi connectivity index (χ2n) is 7.08. The van der Waals surface area contributed by atoms with Gasteiger partial charge in [0.15, 0.2) is 0 Å². The average molecular weight is 446 g/mol. The van der Waals surface area contributed by atoms with Crippen LogP contribution in [-0.2, 0) is 24.0 Å². The highest BCUT2D eigenvalue weighted by Crippen LogP contribution is 2.03. The molecule has 0 aromatic heterocycles. The van der Waals surface area contributed by atoms with E-state index < -0.39 is 60.7 Å². The molecule has 0 bridgehead atoms. The molecule has 13 heteroatoms. The van der Waals surface area contributed by atoms with E-state index in [1.165, 1.54) is 0 Å². The number of carbonyl (C=O) groups is 5. The molecule has 0 aliphatic rings. The molecule has 12 N–H and O–H groups in total. The van der Waals surface area contributed by atoms with Crippen molar-refractivity contribution in [3.8, 4) is 0 Å². The van der Waals surface area contributed by atoms with E-state index in [1.54, 1.807) is 0 Å². The Morgan fingerprint density at radius 3 is 1.90 bits per heavy atom. The van der Waals surface area contributed by atoms with Crippen molar-refractivity contribution in [2.45, 2.75) is 63.1 Å². The van der Waals surface area contributed by atoms with Crippen LogP contribution in [0, 0.1) is 0 Å². The summed E-state index contributed by atoms with van der Waals surface area (Å²) < 4.78 is 0. The smallest absolute Gasteiger partial charge is 0.326 e. The number of nitrogens with one attached hydrogen (secondary N) is 3. The number of carboxylic acids is 1. The van der Waals surface area contributed by atoms with Gasteiger partial charge in [-0.05, 0) is 45.2 Å². The van der Waals surface area contributed by atoms with E-state index >= 15 is 0 Å². The lowest BCUT2D eigenvalue weighted by molar-refractivity contribution is -0.143. The lowest BCUT2D eigenvalue weighted by atomic mass is 10.1. The predicted molar refractivity (Wildman–Crippen MR) is 112 cm³/mol. The van der Waals surface area contributed by atoms with Crippen molar-refractivity contribution >= 4 is 29.6 Å². The van der Waals surface area contributed by atoms with Gasteiger partial charge in [0.1, 0.15) is 12.1 Å². The Kier molecular flexibility index (Phi) is 14.6. The molecule has 0 rings (SSSR count). The zero-order valence-electron chi connectivity index (χ0n) is 17.6. The molecular weight excluding hydrogens is 410 g/mol. The number of primary amides is 1. The van der Waals surface area contributed by atoms with Crippen LogP contribution in [0.15, 0.2) is 0 Å². The summed E-state index contributed by atoms with van der Waals surface area (Å²) in [5, 5.41) is 16.2. The molecule has 0 aromatic rings. The second-order valence-corrected chi connectivity index (χ2v) is 7.08. The van der Waals surface area contributed by atoms with E-state index in [-0.39, 0.29) is 6.42 Å². The molecule has 13 nitrogen and oxygen atoms in total. The Bertz CT molecular complexity index is 616. The number of hydrogen-bond donors (Lipinski definition) is 8. The zero-order valence-corrected chi connectivity index (χ0v) is 17.6. The van der Waals surface area contributed by atoms with Gasteiger partial charge in [0.2, 0.25) is 23.6 Å². The van der Waals surface area contributed by atoms with Crippen molar-refractivity contribution in [1.82, 2.24) is 16.0 Å². The zero-order chi connectivity index (χ0) is 23.8. The summed E-state index contributed by atoms with van der Waals surface area (Å²) in [6.07, 6.45) is 2.49. The topological polar surface area (TPSA) is 246 Å². The lowest BCUT2D eigenvalue weighted by Crippen LogP contribution is -2.54. The SMILES string of the molecule is NCCCCC(N)C(=O)NCC(=O)NC(CCCCN)C(=O)NC(CC(N)=O)C(=O)O. The normalized spacial score (nSPS) is 13.5. The molecule has 0 aliphatic carbocycles. The molecule has 0 aromatic carbocycles. The second kappa shape index (κ2) is 16.0. The van der Waals surface area contributed by atoms with Crippen LogP contribution in [0.25, 0.3) is 0 Å². The lowest BCUT2D eigenvalue weighted by Gasteiger charge is -2.21. The summed E-state index contributed by atoms with van der Waals surface area (Å²) in [6, 6.07) is -3.39. The van der Waals surface area contributed by atoms with E-state index in [0.29, 0.717) is 38.8 Å². The van der Waals surface area contributed by atoms with E-state index in [4.69, 9.17) is 28.0 Å². The highest BCUT2D eigenvalue weighted by molar-refractivity contribution is 5.93. The number of rotatable bonds is 17. The van der Waals surface area contributed by atoms with E-state index in [0.717, 1.165) is 6.42 Å². The van der Waals surface area contributed by atoms with E-state index in [1.807, 2.05) is 0 Å². The molecule has 0 heterocycles. The van der Waals surface area contributed by atoms with Crippen LogP contribution in [0.5, 0.6) is 0 Å². The maximum Gasteiger partial charge on any atom is 0.326 e. The Hall–Kier alpha value is -2.77. The third kappa shape index (κ3) is 13.2. The van der Waals surface area contributed by atoms with Crippen LogP contribution in [0.1, 0.15) is 44.9 Å². The van der Waals surface area contributed by atoms with Crippen LogP contribution in [0.2, 0.25) is 0 Å². The summed E-state index contributed by atoms with van der Waals surface area (Å²) in [6.45, 7) is 0.458. The maximum atomic E-state index is 12.5. The third-order valence-electron chi connectivity index (χ3n) is 4.35. The Morgan fingerprint density at radius 1 is 0.806 bits per heavy atom. The maximum absolute atomic E-state index is 12.5. The molecule has 0 saturated heterocycles. The van der Waals surface area contributed by atoms with Gasteiger partial charge < -0.3 is 44.0 Å². The van der Waals surface area contributed by atoms with E-state index in [2.05, 4.69) is 16.0 Å². The predicted octanol–water partition coefficient (Wildman–Crippen LogP) is -3.38. The summed E-state index contributed by atoms with van der Waals surface area (Å²) >= 11 is 0. The highest BCUT2D eigenvalue weighted by Gasteiger charge is 2.27. The number of carboxylic acid groups (broad SMARTS) is 1. The summed E-state index contributed by atoms with van der Waals surface area (Å²) in [5.74, 6) is -4.29. The third-order valence-corrected chi connectivity index (χ3v) is 4.35. The van der Waals surface area contributed by atoms with Crippen LogP contribution >= 0.6 is 0 Å². The van der Waals surface area contributed by atoms with Gasteiger partial charge in [-0.25, -0.2) is 4.79 Å². The summed E-state index contributed by atoms with van der Waals surface area (Å²) in [5.41, 5.74) is 21.6. The number of aliphatic carboxylic acids is 1. The monoisotopic (exact) mass is 445 g/mol. The summed E-state index contributed by atoms with van der Waals surface area (Å²) in [7, 11) is 0. The van der Waals surface area contributed by atoms with Crippen molar-refractivity contribution in [3.05, 3.63) is 0 Å². The fourth-order valence-electron chi connectivity index (χ4n) is 2.62. The largest absolute Gasteiger partial charge is 0.480 e. The van der Waals surface area contributed by atoms with Gasteiger partial charge in [-0.3, -0.25) is 19.2 Å². The molecule has 31 heavy (non-hydrogen) atoms. The molecule has 3 atom stereocenters. The minimum atomic E-state index is -1.52. The van der Waals surface area contributed by atoms with Crippen LogP contribution in [0.4, 0.5) is 0 Å². The highest BCUT2D eigenvalue weighted by atomic mass is 16.4. The Balaban J connectivity index is 4.84. The van der Waals surface area contributed by atoms with Crippen molar-refractivity contribution in [2.75, 3.05) is 19.6 Å². The van der Waals surface area contributed by atoms with Gasteiger partial charge in [-0.15, -0.1) is 0 Å². The average Bonchev–Trinajstić information content (AvgIpc) is 2.70. The molecule has 0 spiro atoms. The van der Waals surface area contributed by atoms with Gasteiger partial charge in [-0.1, -0.05) is 6.42 Å².